The lowest BCUT2D eigenvalue weighted by atomic mass is 10.1. The van der Waals surface area contributed by atoms with Crippen molar-refractivity contribution in [3.05, 3.63) is 11.9 Å². The van der Waals surface area contributed by atoms with E-state index in [-0.39, 0.29) is 0 Å². The summed E-state index contributed by atoms with van der Waals surface area (Å²) < 4.78 is 7.00. The smallest absolute Gasteiger partial charge is 0.312 e. The van der Waals surface area contributed by atoms with Crippen LogP contribution in [0.1, 0.15) is 18.5 Å². The summed E-state index contributed by atoms with van der Waals surface area (Å²) in [6.07, 6.45) is 1.74. The van der Waals surface area contributed by atoms with E-state index in [0.717, 1.165) is 6.54 Å². The molecule has 5 heteroatoms. The van der Waals surface area contributed by atoms with Gasteiger partial charge in [-0.1, -0.05) is 0 Å². The Labute approximate surface area is 75.0 Å². The molecule has 5 nitrogen and oxygen atoms in total. The van der Waals surface area contributed by atoms with Crippen molar-refractivity contribution in [2.75, 3.05) is 6.61 Å². The number of ether oxygens (including phenoxy) is 1. The van der Waals surface area contributed by atoms with E-state index in [4.69, 9.17) is 9.84 Å². The number of aliphatic carboxylic acids is 1. The first-order valence-electron chi connectivity index (χ1n) is 4.11. The molecule has 0 aliphatic carbocycles. The summed E-state index contributed by atoms with van der Waals surface area (Å²) in [7, 11) is 0. The molecule has 0 saturated heterocycles. The van der Waals surface area contributed by atoms with Gasteiger partial charge in [0.15, 0.2) is 0 Å². The van der Waals surface area contributed by atoms with Gasteiger partial charge in [-0.15, -0.1) is 0 Å². The molecule has 1 aromatic heterocycles. The van der Waals surface area contributed by atoms with Gasteiger partial charge < -0.3 is 9.84 Å². The lowest BCUT2D eigenvalue weighted by Crippen LogP contribution is -2.08. The zero-order valence-corrected chi connectivity index (χ0v) is 7.23. The Morgan fingerprint density at radius 1 is 1.85 bits per heavy atom. The van der Waals surface area contributed by atoms with Gasteiger partial charge in [0.25, 0.3) is 6.01 Å². The molecule has 2 heterocycles. The number of carboxylic acid groups (broad SMARTS) is 1. The first-order chi connectivity index (χ1) is 6.18. The molecular weight excluding hydrogens is 172 g/mol. The normalized spacial score (nSPS) is 16.4. The molecule has 1 aliphatic heterocycles. The molecular formula is C8H10N2O3. The second-order valence-electron chi connectivity index (χ2n) is 3.05. The Kier molecular flexibility index (Phi) is 1.72. The fourth-order valence-electron chi connectivity index (χ4n) is 1.26. The minimum atomic E-state index is -0.864. The molecule has 2 rings (SSSR count). The van der Waals surface area contributed by atoms with Crippen molar-refractivity contribution in [3.63, 3.8) is 0 Å². The van der Waals surface area contributed by atoms with E-state index >= 15 is 0 Å². The number of fused-ring (bicyclic) bond motifs is 1. The van der Waals surface area contributed by atoms with Crippen LogP contribution in [-0.2, 0) is 11.3 Å². The zero-order valence-electron chi connectivity index (χ0n) is 7.23. The number of imidazole rings is 1. The van der Waals surface area contributed by atoms with Crippen molar-refractivity contribution in [2.45, 2.75) is 19.4 Å². The molecule has 1 atom stereocenters. The highest BCUT2D eigenvalue weighted by Crippen LogP contribution is 2.22. The molecule has 1 N–H and O–H groups in total. The van der Waals surface area contributed by atoms with Gasteiger partial charge in [0.1, 0.15) is 6.61 Å². The number of carbonyl (C=O) groups is 1. The second kappa shape index (κ2) is 2.76. The molecule has 1 unspecified atom stereocenters. The number of carboxylic acids is 1. The average Bonchev–Trinajstić information content (AvgIpc) is 2.59. The quantitative estimate of drug-likeness (QED) is 0.721. The third-order valence-corrected chi connectivity index (χ3v) is 2.14. The number of hydrogen-bond donors (Lipinski definition) is 1. The monoisotopic (exact) mass is 182 g/mol. The van der Waals surface area contributed by atoms with Crippen molar-refractivity contribution < 1.29 is 14.6 Å². The van der Waals surface area contributed by atoms with Crippen LogP contribution >= 0.6 is 0 Å². The van der Waals surface area contributed by atoms with Gasteiger partial charge in [-0.2, -0.15) is 4.98 Å². The van der Waals surface area contributed by atoms with Crippen LogP contribution in [-0.4, -0.2) is 27.2 Å². The van der Waals surface area contributed by atoms with E-state index in [1.165, 1.54) is 0 Å². The number of aromatic nitrogens is 2. The predicted molar refractivity (Wildman–Crippen MR) is 43.8 cm³/mol. The van der Waals surface area contributed by atoms with Crippen molar-refractivity contribution in [3.8, 4) is 6.01 Å². The van der Waals surface area contributed by atoms with Crippen molar-refractivity contribution in [1.29, 1.82) is 0 Å². The second-order valence-corrected chi connectivity index (χ2v) is 3.05. The third-order valence-electron chi connectivity index (χ3n) is 2.14. The number of rotatable bonds is 2. The van der Waals surface area contributed by atoms with Crippen molar-refractivity contribution in [2.24, 2.45) is 0 Å². The molecule has 0 spiro atoms. The highest BCUT2D eigenvalue weighted by atomic mass is 16.5. The van der Waals surface area contributed by atoms with Crippen molar-refractivity contribution >= 4 is 5.97 Å². The molecule has 0 radical (unpaired) electrons. The Bertz CT molecular complexity index is 324. The maximum absolute atomic E-state index is 10.6. The van der Waals surface area contributed by atoms with Crippen LogP contribution < -0.4 is 4.74 Å². The zero-order chi connectivity index (χ0) is 9.42. The summed E-state index contributed by atoms with van der Waals surface area (Å²) >= 11 is 0. The maximum Gasteiger partial charge on any atom is 0.312 e. The SMILES string of the molecule is CC(C(=O)O)c1cn2c(n1)OCC2. The lowest BCUT2D eigenvalue weighted by Gasteiger charge is -2.00. The van der Waals surface area contributed by atoms with Gasteiger partial charge in [-0.05, 0) is 6.92 Å². The van der Waals surface area contributed by atoms with E-state index in [1.807, 2.05) is 4.57 Å². The van der Waals surface area contributed by atoms with E-state index in [0.29, 0.717) is 18.3 Å². The Balaban J connectivity index is 2.28. The fraction of sp³-hybridized carbons (Fsp3) is 0.500. The third kappa shape index (κ3) is 1.26. The maximum atomic E-state index is 10.6. The number of hydrogen-bond acceptors (Lipinski definition) is 3. The van der Waals surface area contributed by atoms with Gasteiger partial charge in [0.2, 0.25) is 0 Å². The molecule has 0 fully saturated rings. The van der Waals surface area contributed by atoms with Crippen LogP contribution in [0.25, 0.3) is 0 Å². The highest BCUT2D eigenvalue weighted by Gasteiger charge is 2.21. The van der Waals surface area contributed by atoms with Crippen LogP contribution in [0.2, 0.25) is 0 Å². The fourth-order valence-corrected chi connectivity index (χ4v) is 1.26. The summed E-state index contributed by atoms with van der Waals surface area (Å²) in [4.78, 5) is 14.7. The molecule has 13 heavy (non-hydrogen) atoms. The first kappa shape index (κ1) is 8.10. The Morgan fingerprint density at radius 2 is 2.62 bits per heavy atom. The molecule has 0 saturated carbocycles. The molecule has 70 valence electrons. The van der Waals surface area contributed by atoms with Crippen LogP contribution in [0.15, 0.2) is 6.20 Å². The minimum Gasteiger partial charge on any atom is -0.481 e. The summed E-state index contributed by atoms with van der Waals surface area (Å²) in [6, 6.07) is 0.531. The van der Waals surface area contributed by atoms with Gasteiger partial charge in [0, 0.05) is 6.20 Å². The van der Waals surface area contributed by atoms with Crippen LogP contribution in [0.4, 0.5) is 0 Å². The first-order valence-corrected chi connectivity index (χ1v) is 4.11. The summed E-state index contributed by atoms with van der Waals surface area (Å²) in [5.74, 6) is -1.43. The Morgan fingerprint density at radius 3 is 3.23 bits per heavy atom. The molecule has 0 amide bonds. The van der Waals surface area contributed by atoms with Crippen LogP contribution in [0.3, 0.4) is 0 Å². The number of nitrogens with zero attached hydrogens (tertiary/aromatic N) is 2. The largest absolute Gasteiger partial charge is 0.481 e. The average molecular weight is 182 g/mol. The van der Waals surface area contributed by atoms with E-state index in [1.54, 1.807) is 13.1 Å². The lowest BCUT2D eigenvalue weighted by molar-refractivity contribution is -0.138. The standard InChI is InChI=1S/C8H10N2O3/c1-5(7(11)12)6-4-10-2-3-13-8(10)9-6/h4-5H,2-3H2,1H3,(H,11,12). The minimum absolute atomic E-state index is 0.531. The topological polar surface area (TPSA) is 64.3 Å². The van der Waals surface area contributed by atoms with Gasteiger partial charge >= 0.3 is 5.97 Å². The molecule has 1 aromatic rings. The van der Waals surface area contributed by atoms with E-state index < -0.39 is 11.9 Å². The highest BCUT2D eigenvalue weighted by molar-refractivity contribution is 5.74. The van der Waals surface area contributed by atoms with Gasteiger partial charge in [0.05, 0.1) is 18.2 Å². The molecule has 1 aliphatic rings. The van der Waals surface area contributed by atoms with Gasteiger partial charge in [-0.3, -0.25) is 9.36 Å². The Hall–Kier alpha value is -1.52. The van der Waals surface area contributed by atoms with Crippen LogP contribution in [0, 0.1) is 0 Å². The molecule has 0 bridgehead atoms. The predicted octanol–water partition coefficient (Wildman–Crippen LogP) is 0.464. The van der Waals surface area contributed by atoms with E-state index in [9.17, 15) is 4.79 Å². The molecule has 0 aromatic carbocycles. The van der Waals surface area contributed by atoms with Crippen molar-refractivity contribution in [1.82, 2.24) is 9.55 Å². The summed E-state index contributed by atoms with van der Waals surface area (Å²) in [5, 5.41) is 8.74. The van der Waals surface area contributed by atoms with E-state index in [2.05, 4.69) is 4.98 Å². The summed E-state index contributed by atoms with van der Waals surface area (Å²) in [5.41, 5.74) is 0.558. The van der Waals surface area contributed by atoms with Crippen LogP contribution in [0.5, 0.6) is 6.01 Å². The van der Waals surface area contributed by atoms with Gasteiger partial charge in [-0.25, -0.2) is 0 Å². The summed E-state index contributed by atoms with van der Waals surface area (Å²) in [6.45, 7) is 3.00.